The fraction of sp³-hybridized carbons (Fsp3) is 0.364. The number of ether oxygens (including phenoxy) is 1. The van der Waals surface area contributed by atoms with Gasteiger partial charge in [0, 0.05) is 53.9 Å². The van der Waals surface area contributed by atoms with Gasteiger partial charge in [-0.3, -0.25) is 9.59 Å². The molecule has 0 aliphatic carbocycles. The second-order valence-corrected chi connectivity index (χ2v) is 9.24. The smallest absolute Gasteiger partial charge is 0.420 e. The predicted molar refractivity (Wildman–Crippen MR) is 124 cm³/mol. The minimum absolute atomic E-state index is 0.00219. The van der Waals surface area contributed by atoms with Gasteiger partial charge in [0.15, 0.2) is 0 Å². The molecule has 0 saturated heterocycles. The molecule has 6 nitrogen and oxygen atoms in total. The Bertz CT molecular complexity index is 1030. The van der Waals surface area contributed by atoms with Crippen molar-refractivity contribution in [2.75, 3.05) is 24.3 Å². The van der Waals surface area contributed by atoms with E-state index in [0.29, 0.717) is 17.7 Å². The fourth-order valence-electron chi connectivity index (χ4n) is 3.76. The molecule has 2 aromatic carbocycles. The molecule has 1 atom stereocenters. The van der Waals surface area contributed by atoms with Crippen LogP contribution in [0.2, 0.25) is 0 Å². The highest BCUT2D eigenvalue weighted by Gasteiger charge is 2.38. The van der Waals surface area contributed by atoms with E-state index >= 15 is 0 Å². The number of nitrogens with zero attached hydrogens (tertiary/aromatic N) is 2. The van der Waals surface area contributed by atoms with Gasteiger partial charge in [-0.05, 0) is 71.7 Å². The first-order valence-electron chi connectivity index (χ1n) is 9.86. The van der Waals surface area contributed by atoms with Crippen LogP contribution < -0.4 is 15.0 Å². The minimum atomic E-state index is -3.81. The van der Waals surface area contributed by atoms with Crippen molar-refractivity contribution in [3.63, 3.8) is 0 Å². The zero-order valence-corrected chi connectivity index (χ0v) is 20.3. The van der Waals surface area contributed by atoms with Crippen LogP contribution in [0.5, 0.6) is 5.75 Å². The van der Waals surface area contributed by atoms with E-state index in [9.17, 15) is 18.4 Å². The Morgan fingerprint density at radius 3 is 2.41 bits per heavy atom. The van der Waals surface area contributed by atoms with Crippen LogP contribution in [0, 0.1) is 0 Å². The molecular formula is C22H23BrClF2N3O3. The first-order valence-corrected chi connectivity index (χ1v) is 11.0. The van der Waals surface area contributed by atoms with E-state index in [1.54, 1.807) is 31.1 Å². The number of carbonyl (C=O) groups excluding carboxylic acids is 2. The van der Waals surface area contributed by atoms with Crippen LogP contribution in [0.3, 0.4) is 0 Å². The van der Waals surface area contributed by atoms with Gasteiger partial charge < -0.3 is 19.9 Å². The first-order chi connectivity index (χ1) is 14.9. The molecule has 1 aliphatic heterocycles. The molecule has 172 valence electrons. The average molecular weight is 531 g/mol. The van der Waals surface area contributed by atoms with Crippen molar-refractivity contribution in [3.8, 4) is 5.75 Å². The summed E-state index contributed by atoms with van der Waals surface area (Å²) in [5, 5.41) is 2.73. The van der Waals surface area contributed by atoms with Crippen LogP contribution in [0.4, 0.5) is 20.2 Å². The monoisotopic (exact) mass is 529 g/mol. The fourth-order valence-corrected chi connectivity index (χ4v) is 4.56. The Morgan fingerprint density at radius 2 is 1.88 bits per heavy atom. The van der Waals surface area contributed by atoms with E-state index < -0.39 is 5.57 Å². The maximum absolute atomic E-state index is 12.8. The third-order valence-electron chi connectivity index (χ3n) is 5.04. The van der Waals surface area contributed by atoms with Gasteiger partial charge in [0.05, 0.1) is 5.69 Å². The summed E-state index contributed by atoms with van der Waals surface area (Å²) in [6, 6.07) is 8.65. The van der Waals surface area contributed by atoms with E-state index in [2.05, 4.69) is 30.9 Å². The van der Waals surface area contributed by atoms with Gasteiger partial charge in [-0.2, -0.15) is 0 Å². The SMILES string of the molecule is CC(C)N1c2c(Br)cc(C(=O)Nc3ccc(OC(F)(F)Cl)cc3)cc2CC1C(=O)N(C)C. The molecule has 0 bridgehead atoms. The lowest BCUT2D eigenvalue weighted by molar-refractivity contribution is -0.130. The third kappa shape index (κ3) is 5.32. The lowest BCUT2D eigenvalue weighted by Crippen LogP contribution is -2.47. The molecule has 3 rings (SSSR count). The number of alkyl halides is 3. The van der Waals surface area contributed by atoms with Gasteiger partial charge in [-0.25, -0.2) is 0 Å². The summed E-state index contributed by atoms with van der Waals surface area (Å²) in [7, 11) is 3.45. The maximum atomic E-state index is 12.8. The Labute approximate surface area is 198 Å². The van der Waals surface area contributed by atoms with Crippen molar-refractivity contribution in [2.45, 2.75) is 37.9 Å². The second kappa shape index (κ2) is 9.23. The maximum Gasteiger partial charge on any atom is 0.487 e. The molecule has 10 heteroatoms. The van der Waals surface area contributed by atoms with Crippen LogP contribution >= 0.6 is 27.5 Å². The molecule has 2 amide bonds. The number of rotatable bonds is 6. The number of amides is 2. The Morgan fingerprint density at radius 1 is 1.25 bits per heavy atom. The highest BCUT2D eigenvalue weighted by atomic mass is 79.9. The van der Waals surface area contributed by atoms with Gasteiger partial charge in [-0.15, -0.1) is 8.78 Å². The summed E-state index contributed by atoms with van der Waals surface area (Å²) in [6.07, 6.45) is 0.489. The first kappa shape index (κ1) is 24.3. The molecule has 1 unspecified atom stereocenters. The number of hydrogen-bond donors (Lipinski definition) is 1. The van der Waals surface area contributed by atoms with Gasteiger partial charge in [0.2, 0.25) is 5.91 Å². The number of carbonyl (C=O) groups is 2. The van der Waals surface area contributed by atoms with E-state index in [0.717, 1.165) is 15.7 Å². The zero-order chi connectivity index (χ0) is 23.8. The quantitative estimate of drug-likeness (QED) is 0.528. The number of fused-ring (bicyclic) bond motifs is 1. The molecule has 1 aliphatic rings. The van der Waals surface area contributed by atoms with Crippen molar-refractivity contribution in [1.29, 1.82) is 0 Å². The molecule has 0 saturated carbocycles. The molecule has 1 heterocycles. The summed E-state index contributed by atoms with van der Waals surface area (Å²) in [5.74, 6) is -0.505. The molecule has 2 aromatic rings. The third-order valence-corrected chi connectivity index (χ3v) is 5.72. The van der Waals surface area contributed by atoms with Crippen molar-refractivity contribution in [1.82, 2.24) is 4.90 Å². The molecule has 32 heavy (non-hydrogen) atoms. The van der Waals surface area contributed by atoms with Crippen LogP contribution in [0.15, 0.2) is 40.9 Å². The zero-order valence-electron chi connectivity index (χ0n) is 18.0. The number of likely N-dealkylation sites (N-methyl/N-ethyl adjacent to an activating group) is 1. The molecule has 0 spiro atoms. The van der Waals surface area contributed by atoms with Gasteiger partial charge in [0.25, 0.3) is 5.91 Å². The second-order valence-electron chi connectivity index (χ2n) is 7.95. The van der Waals surface area contributed by atoms with Crippen LogP contribution in [-0.2, 0) is 11.2 Å². The van der Waals surface area contributed by atoms with Gasteiger partial charge in [0.1, 0.15) is 11.8 Å². The number of nitrogens with one attached hydrogen (secondary N) is 1. The van der Waals surface area contributed by atoms with Crippen LogP contribution in [0.1, 0.15) is 29.8 Å². The molecule has 0 fully saturated rings. The Kier molecular flexibility index (Phi) is 7.00. The van der Waals surface area contributed by atoms with Gasteiger partial charge in [-0.1, -0.05) is 0 Å². The molecule has 1 N–H and O–H groups in total. The molecular weight excluding hydrogens is 508 g/mol. The number of benzene rings is 2. The minimum Gasteiger partial charge on any atom is -0.420 e. The van der Waals surface area contributed by atoms with Crippen LogP contribution in [0.25, 0.3) is 0 Å². The van der Waals surface area contributed by atoms with Crippen molar-refractivity contribution >= 4 is 50.7 Å². The summed E-state index contributed by atoms with van der Waals surface area (Å²) in [4.78, 5) is 29.2. The van der Waals surface area contributed by atoms with E-state index in [1.165, 1.54) is 24.3 Å². The Hall–Kier alpha value is -2.39. The van der Waals surface area contributed by atoms with Gasteiger partial charge >= 0.3 is 5.57 Å². The molecule has 0 radical (unpaired) electrons. The highest BCUT2D eigenvalue weighted by molar-refractivity contribution is 9.10. The summed E-state index contributed by atoms with van der Waals surface area (Å²) < 4.78 is 30.4. The summed E-state index contributed by atoms with van der Waals surface area (Å²) in [6.45, 7) is 4.04. The molecule has 0 aromatic heterocycles. The Balaban J connectivity index is 1.83. The van der Waals surface area contributed by atoms with Crippen molar-refractivity contribution in [2.24, 2.45) is 0 Å². The topological polar surface area (TPSA) is 61.9 Å². The summed E-state index contributed by atoms with van der Waals surface area (Å²) in [5.41, 5.74) is -1.20. The normalized spacial score (nSPS) is 15.5. The lowest BCUT2D eigenvalue weighted by Gasteiger charge is -2.32. The van der Waals surface area contributed by atoms with Crippen molar-refractivity contribution < 1.29 is 23.1 Å². The lowest BCUT2D eigenvalue weighted by atomic mass is 10.1. The average Bonchev–Trinajstić information content (AvgIpc) is 3.08. The predicted octanol–water partition coefficient (Wildman–Crippen LogP) is 5.10. The highest BCUT2D eigenvalue weighted by Crippen LogP contribution is 2.41. The van der Waals surface area contributed by atoms with Crippen molar-refractivity contribution in [3.05, 3.63) is 52.0 Å². The summed E-state index contributed by atoms with van der Waals surface area (Å²) >= 11 is 8.32. The standard InChI is InChI=1S/C22H23BrClF2N3O3/c1-12(2)29-18(21(31)28(3)4)11-13-9-14(10-17(23)19(13)29)20(30)27-15-5-7-16(8-6-15)32-22(24,25)26/h5-10,12,18H,11H2,1-4H3,(H,27,30). The van der Waals surface area contributed by atoms with Crippen LogP contribution in [-0.4, -0.2) is 48.5 Å². The van der Waals surface area contributed by atoms with E-state index in [1.807, 2.05) is 13.8 Å². The van der Waals surface area contributed by atoms with E-state index in [4.69, 9.17) is 11.6 Å². The number of hydrogen-bond acceptors (Lipinski definition) is 4. The number of anilines is 2. The van der Waals surface area contributed by atoms with E-state index in [-0.39, 0.29) is 29.6 Å². The number of halogens is 4. The largest absolute Gasteiger partial charge is 0.487 e.